The lowest BCUT2D eigenvalue weighted by molar-refractivity contribution is 0.426. The molecule has 6 heterocycles. The van der Waals surface area contributed by atoms with E-state index in [4.69, 9.17) is 37.0 Å². The van der Waals surface area contributed by atoms with Gasteiger partial charge in [0.25, 0.3) is 0 Å². The lowest BCUT2D eigenvalue weighted by atomic mass is 9.81. The molecule has 4 atom stereocenters. The third-order valence-corrected chi connectivity index (χ3v) is 10.4. The standard InChI is InChI=1S/C22H18N6.C16H13ClN6.C6H7BO2/c23-13-16-12-19(16)21-26-22(25-14-17-8-4-5-10-24-17)20-18(9-11-28(20)27-21)15-6-2-1-3-7-15;17-13-4-6-23-14(13)16(20-9-11-3-1-2-5-19-11)21-15(22-23)12-7-10(12)8-18;8-7(9)6-4-2-1-3-5-6/h1-11,16,19H,12,14H2,(H,25,26,27);1-6,10,12H,7,9H2,(H,20,21,22);1-5,8-9H/t16-,19+;10-,12+;/m00./s1. The molecule has 16 heteroatoms. The monoisotopic (exact) mass is 812 g/mol. The molecule has 296 valence electrons. The number of anilines is 2. The topological polar surface area (TPSA) is 198 Å². The van der Waals surface area contributed by atoms with Gasteiger partial charge in [-0.3, -0.25) is 9.97 Å². The normalized spacial score (nSPS) is 17.2. The quantitative estimate of drug-likeness (QED) is 0.111. The lowest BCUT2D eigenvalue weighted by Gasteiger charge is -2.11. The zero-order valence-corrected chi connectivity index (χ0v) is 32.9. The molecule has 2 saturated carbocycles. The van der Waals surface area contributed by atoms with Crippen LogP contribution in [-0.2, 0) is 13.1 Å². The van der Waals surface area contributed by atoms with Crippen molar-refractivity contribution in [3.63, 3.8) is 0 Å². The Morgan fingerprint density at radius 3 is 1.63 bits per heavy atom. The van der Waals surface area contributed by atoms with E-state index in [1.54, 1.807) is 53.4 Å². The molecule has 4 N–H and O–H groups in total. The summed E-state index contributed by atoms with van der Waals surface area (Å²) in [5, 5.41) is 51.9. The van der Waals surface area contributed by atoms with Crippen molar-refractivity contribution in [3.8, 4) is 23.3 Å². The number of hydrogen-bond acceptors (Lipinski definition) is 12. The summed E-state index contributed by atoms with van der Waals surface area (Å²) >= 11 is 6.25. The van der Waals surface area contributed by atoms with Crippen LogP contribution >= 0.6 is 11.6 Å². The Bertz CT molecular complexity index is 2780. The molecule has 0 spiro atoms. The van der Waals surface area contributed by atoms with E-state index in [1.165, 1.54) is 0 Å². The molecule has 60 heavy (non-hydrogen) atoms. The maximum absolute atomic E-state index is 9.19. The summed E-state index contributed by atoms with van der Waals surface area (Å²) in [6, 6.07) is 38.9. The fourth-order valence-electron chi connectivity index (χ4n) is 6.68. The van der Waals surface area contributed by atoms with E-state index in [2.05, 4.69) is 61.0 Å². The van der Waals surface area contributed by atoms with E-state index in [0.29, 0.717) is 35.2 Å². The van der Waals surface area contributed by atoms with Crippen molar-refractivity contribution in [1.29, 1.82) is 10.5 Å². The number of rotatable bonds is 10. The molecular weight excluding hydrogens is 775 g/mol. The second-order valence-electron chi connectivity index (χ2n) is 14.3. The Morgan fingerprint density at radius 2 is 1.15 bits per heavy atom. The van der Waals surface area contributed by atoms with Crippen molar-refractivity contribution in [2.24, 2.45) is 11.8 Å². The Morgan fingerprint density at radius 1 is 0.650 bits per heavy atom. The van der Waals surface area contributed by atoms with Gasteiger partial charge in [0.1, 0.15) is 11.0 Å². The first kappa shape index (κ1) is 39.7. The van der Waals surface area contributed by atoms with Crippen LogP contribution in [0.4, 0.5) is 11.6 Å². The highest BCUT2D eigenvalue weighted by molar-refractivity contribution is 6.58. The maximum Gasteiger partial charge on any atom is 0.488 e. The summed E-state index contributed by atoms with van der Waals surface area (Å²) in [6.07, 6.45) is 8.94. The van der Waals surface area contributed by atoms with Crippen LogP contribution in [0.3, 0.4) is 0 Å². The van der Waals surface area contributed by atoms with Crippen molar-refractivity contribution in [3.05, 3.63) is 162 Å². The first-order chi connectivity index (χ1) is 29.4. The molecule has 0 aliphatic heterocycles. The zero-order valence-electron chi connectivity index (χ0n) is 32.2. The molecule has 2 fully saturated rings. The number of fused-ring (bicyclic) bond motifs is 2. The molecule has 10 rings (SSSR count). The summed E-state index contributed by atoms with van der Waals surface area (Å²) in [5.74, 6) is 3.10. The van der Waals surface area contributed by atoms with Gasteiger partial charge in [-0.25, -0.2) is 19.0 Å². The molecular formula is C44H38BClN12O2. The molecule has 0 radical (unpaired) electrons. The predicted molar refractivity (Wildman–Crippen MR) is 229 cm³/mol. The molecule has 14 nitrogen and oxygen atoms in total. The lowest BCUT2D eigenvalue weighted by Crippen LogP contribution is -2.29. The number of hydrogen-bond donors (Lipinski definition) is 4. The highest BCUT2D eigenvalue weighted by Crippen LogP contribution is 2.47. The van der Waals surface area contributed by atoms with Gasteiger partial charge >= 0.3 is 7.12 Å². The molecule has 0 unspecified atom stereocenters. The van der Waals surface area contributed by atoms with Crippen LogP contribution in [0.5, 0.6) is 0 Å². The number of aromatic nitrogens is 8. The fourth-order valence-corrected chi connectivity index (χ4v) is 6.91. The molecule has 0 bridgehead atoms. The summed E-state index contributed by atoms with van der Waals surface area (Å²) < 4.78 is 3.59. The van der Waals surface area contributed by atoms with E-state index < -0.39 is 7.12 Å². The van der Waals surface area contributed by atoms with Crippen molar-refractivity contribution >= 4 is 46.9 Å². The van der Waals surface area contributed by atoms with Crippen molar-refractivity contribution < 1.29 is 10.0 Å². The predicted octanol–water partition coefficient (Wildman–Crippen LogP) is 6.41. The average Bonchev–Trinajstić information content (AvgIpc) is 4.20. The average molecular weight is 813 g/mol. The molecule has 0 amide bonds. The van der Waals surface area contributed by atoms with Crippen molar-refractivity contribution in [1.82, 2.24) is 39.2 Å². The number of nitriles is 2. The second kappa shape index (κ2) is 18.2. The first-order valence-electron chi connectivity index (χ1n) is 19.4. The first-order valence-corrected chi connectivity index (χ1v) is 19.7. The van der Waals surface area contributed by atoms with E-state index in [0.717, 1.165) is 58.0 Å². The van der Waals surface area contributed by atoms with Crippen LogP contribution in [-0.4, -0.2) is 56.3 Å². The number of nitrogens with one attached hydrogen (secondary N) is 2. The van der Waals surface area contributed by atoms with Crippen molar-refractivity contribution in [2.75, 3.05) is 10.6 Å². The van der Waals surface area contributed by atoms with Crippen LogP contribution in [0.1, 0.15) is 47.7 Å². The molecule has 6 aromatic heterocycles. The summed E-state index contributed by atoms with van der Waals surface area (Å²) in [7, 11) is -1.34. The van der Waals surface area contributed by atoms with E-state index in [-0.39, 0.29) is 23.7 Å². The smallest absolute Gasteiger partial charge is 0.423 e. The summed E-state index contributed by atoms with van der Waals surface area (Å²) in [5.41, 5.74) is 6.23. The Hall–Kier alpha value is -7.17. The van der Waals surface area contributed by atoms with Crippen LogP contribution in [0.25, 0.3) is 22.2 Å². The van der Waals surface area contributed by atoms with Crippen molar-refractivity contribution in [2.45, 2.75) is 37.8 Å². The van der Waals surface area contributed by atoms with Gasteiger partial charge in [-0.05, 0) is 60.3 Å². The minimum atomic E-state index is -1.34. The highest BCUT2D eigenvalue weighted by atomic mass is 35.5. The SMILES string of the molecule is N#C[C@@H]1C[C@H]1c1nc(NCc2ccccn2)c2c(-c3ccccc3)ccn2n1.N#C[C@@H]1C[C@H]1c1nc(NCc2ccccn2)c2c(Cl)ccn2n1.OB(O)c1ccccc1. The fraction of sp³-hybridized carbons (Fsp3) is 0.182. The van der Waals surface area contributed by atoms with Gasteiger partial charge in [-0.2, -0.15) is 20.7 Å². The number of pyridine rings is 2. The Balaban J connectivity index is 0.000000140. The second-order valence-corrected chi connectivity index (χ2v) is 14.7. The number of benzene rings is 2. The van der Waals surface area contributed by atoms with Gasteiger partial charge in [-0.1, -0.05) is 84.4 Å². The molecule has 2 aromatic carbocycles. The van der Waals surface area contributed by atoms with E-state index >= 15 is 0 Å². The van der Waals surface area contributed by atoms with Gasteiger partial charge < -0.3 is 20.7 Å². The largest absolute Gasteiger partial charge is 0.488 e. The zero-order chi connectivity index (χ0) is 41.4. The van der Waals surface area contributed by atoms with E-state index in [9.17, 15) is 5.26 Å². The summed E-state index contributed by atoms with van der Waals surface area (Å²) in [6.45, 7) is 1.11. The van der Waals surface area contributed by atoms with E-state index in [1.807, 2.05) is 71.4 Å². The third kappa shape index (κ3) is 9.25. The Kier molecular flexibility index (Phi) is 12.0. The van der Waals surface area contributed by atoms with Gasteiger partial charge in [0, 0.05) is 42.2 Å². The third-order valence-electron chi connectivity index (χ3n) is 10.1. The molecule has 2 aliphatic carbocycles. The number of halogens is 1. The van der Waals surface area contributed by atoms with Gasteiger partial charge in [0.2, 0.25) is 0 Å². The number of nitrogens with zero attached hydrogens (tertiary/aromatic N) is 10. The van der Waals surface area contributed by atoms with Gasteiger partial charge in [-0.15, -0.1) is 0 Å². The maximum atomic E-state index is 9.19. The Labute approximate surface area is 351 Å². The van der Waals surface area contributed by atoms with Gasteiger partial charge in [0.05, 0.1) is 53.5 Å². The van der Waals surface area contributed by atoms with Gasteiger partial charge in [0.15, 0.2) is 23.3 Å². The van der Waals surface area contributed by atoms with Crippen LogP contribution < -0.4 is 16.1 Å². The minimum absolute atomic E-state index is 0.0159. The molecule has 0 saturated heterocycles. The van der Waals surface area contributed by atoms with Crippen LogP contribution in [0, 0.1) is 34.5 Å². The summed E-state index contributed by atoms with van der Waals surface area (Å²) in [4.78, 5) is 18.1. The molecule has 8 aromatic rings. The minimum Gasteiger partial charge on any atom is -0.423 e. The van der Waals surface area contributed by atoms with Crippen LogP contribution in [0.15, 0.2) is 134 Å². The molecule has 2 aliphatic rings. The highest BCUT2D eigenvalue weighted by Gasteiger charge is 2.42. The van der Waals surface area contributed by atoms with Crippen LogP contribution in [0.2, 0.25) is 5.02 Å².